The number of ether oxygens (including phenoxy) is 2. The molecule has 1 aromatic heterocycles. The van der Waals surface area contributed by atoms with Crippen molar-refractivity contribution in [3.8, 4) is 17.4 Å². The lowest BCUT2D eigenvalue weighted by Gasteiger charge is -2.21. The molecule has 8 heteroatoms. The van der Waals surface area contributed by atoms with E-state index in [1.54, 1.807) is 6.20 Å². The summed E-state index contributed by atoms with van der Waals surface area (Å²) >= 11 is 0. The summed E-state index contributed by atoms with van der Waals surface area (Å²) in [6.07, 6.45) is 1.69. The third-order valence-electron chi connectivity index (χ3n) is 3.85. The van der Waals surface area contributed by atoms with E-state index in [1.165, 1.54) is 0 Å². The quantitative estimate of drug-likeness (QED) is 0.420. The van der Waals surface area contributed by atoms with Crippen molar-refractivity contribution < 1.29 is 14.3 Å². The van der Waals surface area contributed by atoms with Crippen LogP contribution >= 0.6 is 0 Å². The van der Waals surface area contributed by atoms with Gasteiger partial charge >= 0.3 is 0 Å². The molecule has 1 amide bonds. The van der Waals surface area contributed by atoms with E-state index in [-0.39, 0.29) is 18.0 Å². The van der Waals surface area contributed by atoms with Crippen LogP contribution < -0.4 is 25.4 Å². The van der Waals surface area contributed by atoms with Crippen LogP contribution in [0, 0.1) is 0 Å². The molecule has 168 valence electrons. The largest absolute Gasteiger partial charge is 0.494 e. The first-order chi connectivity index (χ1) is 14.8. The minimum Gasteiger partial charge on any atom is -0.494 e. The Morgan fingerprint density at radius 3 is 2.42 bits per heavy atom. The van der Waals surface area contributed by atoms with Gasteiger partial charge in [0, 0.05) is 24.3 Å². The highest BCUT2D eigenvalue weighted by molar-refractivity contribution is 5.86. The van der Waals surface area contributed by atoms with Crippen LogP contribution in [0.25, 0.3) is 0 Å². The van der Waals surface area contributed by atoms with Gasteiger partial charge in [-0.2, -0.15) is 0 Å². The summed E-state index contributed by atoms with van der Waals surface area (Å²) in [6.45, 7) is 11.6. The van der Waals surface area contributed by atoms with Crippen molar-refractivity contribution in [2.45, 2.75) is 46.7 Å². The minimum absolute atomic E-state index is 0.0898. The number of carbonyl (C=O) groups is 1. The van der Waals surface area contributed by atoms with Crippen molar-refractivity contribution in [1.29, 1.82) is 0 Å². The highest BCUT2D eigenvalue weighted by Gasteiger charge is 2.13. The molecule has 0 bridgehead atoms. The van der Waals surface area contributed by atoms with E-state index in [9.17, 15) is 4.79 Å². The summed E-state index contributed by atoms with van der Waals surface area (Å²) in [5.74, 6) is 2.44. The highest BCUT2D eigenvalue weighted by atomic mass is 16.5. The molecule has 31 heavy (non-hydrogen) atoms. The molecule has 0 fully saturated rings. The third kappa shape index (κ3) is 9.37. The maximum absolute atomic E-state index is 12.0. The van der Waals surface area contributed by atoms with Gasteiger partial charge in [0.2, 0.25) is 11.8 Å². The van der Waals surface area contributed by atoms with Gasteiger partial charge in [-0.25, -0.2) is 9.98 Å². The summed E-state index contributed by atoms with van der Waals surface area (Å²) in [5, 5.41) is 9.11. The Hall–Kier alpha value is -3.29. The number of aromatic nitrogens is 1. The summed E-state index contributed by atoms with van der Waals surface area (Å²) < 4.78 is 11.3. The summed E-state index contributed by atoms with van der Waals surface area (Å²) in [7, 11) is 0. The number of aliphatic imine (C=N–C) groups is 1. The van der Waals surface area contributed by atoms with Gasteiger partial charge in [-0.3, -0.25) is 4.79 Å². The van der Waals surface area contributed by atoms with E-state index >= 15 is 0 Å². The summed E-state index contributed by atoms with van der Waals surface area (Å²) in [5.41, 5.74) is 0.665. The second kappa shape index (κ2) is 11.8. The maximum Gasteiger partial charge on any atom is 0.239 e. The highest BCUT2D eigenvalue weighted by Crippen LogP contribution is 2.23. The molecule has 0 saturated heterocycles. The lowest BCUT2D eigenvalue weighted by molar-refractivity contribution is -0.121. The smallest absolute Gasteiger partial charge is 0.239 e. The third-order valence-corrected chi connectivity index (χ3v) is 3.85. The Morgan fingerprint density at radius 2 is 1.77 bits per heavy atom. The molecule has 0 aliphatic rings. The van der Waals surface area contributed by atoms with Crippen molar-refractivity contribution in [2.24, 2.45) is 4.99 Å². The number of nitrogens with zero attached hydrogens (tertiary/aromatic N) is 2. The van der Waals surface area contributed by atoms with Crippen LogP contribution in [0.15, 0.2) is 47.6 Å². The Balaban J connectivity index is 1.97. The van der Waals surface area contributed by atoms with Crippen molar-refractivity contribution in [3.63, 3.8) is 0 Å². The van der Waals surface area contributed by atoms with E-state index in [0.717, 1.165) is 11.3 Å². The number of benzene rings is 1. The first kappa shape index (κ1) is 24.0. The zero-order valence-electron chi connectivity index (χ0n) is 19.0. The van der Waals surface area contributed by atoms with Gasteiger partial charge in [-0.15, -0.1) is 0 Å². The fourth-order valence-electron chi connectivity index (χ4n) is 2.63. The normalized spacial score (nSPS) is 11.6. The van der Waals surface area contributed by atoms with Crippen LogP contribution in [0.2, 0.25) is 0 Å². The molecule has 1 heterocycles. The fourth-order valence-corrected chi connectivity index (χ4v) is 2.63. The number of guanidine groups is 1. The molecule has 8 nitrogen and oxygen atoms in total. The summed E-state index contributed by atoms with van der Waals surface area (Å²) in [6, 6.07) is 11.1. The van der Waals surface area contributed by atoms with E-state index in [0.29, 0.717) is 37.3 Å². The van der Waals surface area contributed by atoms with E-state index in [1.807, 2.05) is 71.0 Å². The topological polar surface area (TPSA) is 96.9 Å². The van der Waals surface area contributed by atoms with Crippen LogP contribution in [-0.4, -0.2) is 42.1 Å². The number of pyridine rings is 1. The monoisotopic (exact) mass is 427 g/mol. The zero-order chi connectivity index (χ0) is 22.7. The van der Waals surface area contributed by atoms with Crippen LogP contribution in [-0.2, 0) is 11.3 Å². The van der Waals surface area contributed by atoms with E-state index < -0.39 is 0 Å². The predicted molar refractivity (Wildman–Crippen MR) is 123 cm³/mol. The molecule has 0 aliphatic carbocycles. The molecule has 0 radical (unpaired) electrons. The molecular weight excluding hydrogens is 394 g/mol. The van der Waals surface area contributed by atoms with Crippen molar-refractivity contribution in [1.82, 2.24) is 20.9 Å². The number of rotatable bonds is 9. The zero-order valence-corrected chi connectivity index (χ0v) is 19.0. The Labute approximate surface area is 184 Å². The second-order valence-corrected chi connectivity index (χ2v) is 7.86. The number of nitrogens with one attached hydrogen (secondary N) is 3. The molecule has 2 rings (SSSR count). The standard InChI is InChI=1S/C23H33N5O3/c1-6-24-22(27-16-20(29)28-23(3,4)5)26-15-17-12-13-25-21(14-17)31-19-10-8-18(9-11-19)30-7-2/h8-14H,6-7,15-16H2,1-5H3,(H,28,29)(H2,24,26,27). The SMILES string of the molecule is CCNC(=NCc1ccnc(Oc2ccc(OCC)cc2)c1)NCC(=O)NC(C)(C)C. The van der Waals surface area contributed by atoms with Gasteiger partial charge in [-0.05, 0) is 70.5 Å². The molecule has 3 N–H and O–H groups in total. The second-order valence-electron chi connectivity index (χ2n) is 7.86. The van der Waals surface area contributed by atoms with Gasteiger partial charge in [-0.1, -0.05) is 0 Å². The van der Waals surface area contributed by atoms with Gasteiger partial charge in [0.05, 0.1) is 19.7 Å². The van der Waals surface area contributed by atoms with Gasteiger partial charge in [0.1, 0.15) is 11.5 Å². The Morgan fingerprint density at radius 1 is 1.06 bits per heavy atom. The molecule has 0 saturated carbocycles. The first-order valence-electron chi connectivity index (χ1n) is 10.5. The van der Waals surface area contributed by atoms with Crippen molar-refractivity contribution in [3.05, 3.63) is 48.2 Å². The Kier molecular flexibility index (Phi) is 9.12. The molecule has 0 spiro atoms. The van der Waals surface area contributed by atoms with Crippen molar-refractivity contribution >= 4 is 11.9 Å². The minimum atomic E-state index is -0.273. The van der Waals surface area contributed by atoms with Gasteiger partial charge < -0.3 is 25.4 Å². The van der Waals surface area contributed by atoms with Crippen LogP contribution in [0.3, 0.4) is 0 Å². The average Bonchev–Trinajstić information content (AvgIpc) is 2.71. The number of hydrogen-bond acceptors (Lipinski definition) is 5. The summed E-state index contributed by atoms with van der Waals surface area (Å²) in [4.78, 5) is 20.8. The number of carbonyl (C=O) groups excluding carboxylic acids is 1. The van der Waals surface area contributed by atoms with Crippen LogP contribution in [0.5, 0.6) is 17.4 Å². The van der Waals surface area contributed by atoms with Crippen LogP contribution in [0.4, 0.5) is 0 Å². The average molecular weight is 428 g/mol. The molecule has 0 atom stereocenters. The fraction of sp³-hybridized carbons (Fsp3) is 0.435. The Bertz CT molecular complexity index is 860. The van der Waals surface area contributed by atoms with Gasteiger partial charge in [0.15, 0.2) is 5.96 Å². The molecule has 0 aliphatic heterocycles. The number of amides is 1. The van der Waals surface area contributed by atoms with E-state index in [4.69, 9.17) is 9.47 Å². The van der Waals surface area contributed by atoms with Gasteiger partial charge in [0.25, 0.3) is 0 Å². The first-order valence-corrected chi connectivity index (χ1v) is 10.5. The van der Waals surface area contributed by atoms with Crippen molar-refractivity contribution in [2.75, 3.05) is 19.7 Å². The lowest BCUT2D eigenvalue weighted by Crippen LogP contribution is -2.48. The van der Waals surface area contributed by atoms with E-state index in [2.05, 4.69) is 25.9 Å². The molecule has 2 aromatic rings. The predicted octanol–water partition coefficient (Wildman–Crippen LogP) is 3.24. The number of hydrogen-bond donors (Lipinski definition) is 3. The van der Waals surface area contributed by atoms with Crippen LogP contribution in [0.1, 0.15) is 40.2 Å². The molecule has 1 aromatic carbocycles. The maximum atomic E-state index is 12.0. The lowest BCUT2D eigenvalue weighted by atomic mass is 10.1. The molecule has 0 unspecified atom stereocenters. The molecular formula is C23H33N5O3.